The van der Waals surface area contributed by atoms with Crippen molar-refractivity contribution < 1.29 is 23.1 Å². The average Bonchev–Trinajstić information content (AvgIpc) is 2.32. The lowest BCUT2D eigenvalue weighted by atomic mass is 10.2. The molecular weight excluding hydrogens is 248 g/mol. The van der Waals surface area contributed by atoms with E-state index in [1.165, 1.54) is 14.2 Å². The summed E-state index contributed by atoms with van der Waals surface area (Å²) in [7, 11) is -0.987. The fraction of sp³-hybridized carbons (Fsp3) is 0.889. The first-order valence-corrected chi connectivity index (χ1v) is 6.66. The van der Waals surface area contributed by atoms with Gasteiger partial charge in [-0.1, -0.05) is 6.92 Å². The van der Waals surface area contributed by atoms with Gasteiger partial charge in [-0.3, -0.25) is 4.79 Å². The van der Waals surface area contributed by atoms with Crippen LogP contribution in [0.15, 0.2) is 0 Å². The van der Waals surface area contributed by atoms with Gasteiger partial charge in [-0.05, 0) is 5.92 Å². The Morgan fingerprint density at radius 3 is 2.59 bits per heavy atom. The molecule has 0 fully saturated rings. The molecule has 0 heterocycles. The zero-order chi connectivity index (χ0) is 13.5. The Morgan fingerprint density at radius 1 is 1.53 bits per heavy atom. The lowest BCUT2D eigenvalue weighted by Crippen LogP contribution is -2.41. The molecule has 102 valence electrons. The van der Waals surface area contributed by atoms with Crippen molar-refractivity contribution in [2.45, 2.75) is 13.3 Å². The highest BCUT2D eigenvalue weighted by atomic mass is 32.2. The van der Waals surface area contributed by atoms with Crippen molar-refractivity contribution in [2.24, 2.45) is 5.92 Å². The van der Waals surface area contributed by atoms with Crippen LogP contribution < -0.4 is 4.72 Å². The van der Waals surface area contributed by atoms with Crippen LogP contribution in [0.2, 0.25) is 0 Å². The highest BCUT2D eigenvalue weighted by Gasteiger charge is 2.18. The van der Waals surface area contributed by atoms with Gasteiger partial charge in [-0.15, -0.1) is 0 Å². The molecule has 8 heteroatoms. The zero-order valence-corrected chi connectivity index (χ0v) is 11.2. The maximum absolute atomic E-state index is 11.6. The topological polar surface area (TPSA) is 95.9 Å². The molecule has 7 nitrogen and oxygen atoms in total. The van der Waals surface area contributed by atoms with Crippen molar-refractivity contribution in [3.8, 4) is 0 Å². The van der Waals surface area contributed by atoms with Crippen molar-refractivity contribution in [1.29, 1.82) is 0 Å². The molecule has 0 radical (unpaired) electrons. The predicted octanol–water partition coefficient (Wildman–Crippen LogP) is -1.06. The van der Waals surface area contributed by atoms with Crippen LogP contribution in [-0.2, 0) is 19.7 Å². The summed E-state index contributed by atoms with van der Waals surface area (Å²) in [6, 6.07) is 0. The quantitative estimate of drug-likeness (QED) is 0.547. The third-order valence-corrected chi connectivity index (χ3v) is 3.73. The highest BCUT2D eigenvalue weighted by Crippen LogP contribution is 1.98. The van der Waals surface area contributed by atoms with Crippen molar-refractivity contribution in [2.75, 3.05) is 33.9 Å². The number of hydrogen-bond donors (Lipinski definition) is 2. The number of nitrogens with zero attached hydrogens (tertiary/aromatic N) is 1. The molecule has 0 aliphatic carbocycles. The van der Waals surface area contributed by atoms with Gasteiger partial charge in [0.2, 0.25) is 0 Å². The maximum atomic E-state index is 11.6. The van der Waals surface area contributed by atoms with Crippen molar-refractivity contribution in [3.05, 3.63) is 0 Å². The number of methoxy groups -OCH3 is 1. The fourth-order valence-electron chi connectivity index (χ4n) is 0.893. The number of carbonyl (C=O) groups is 1. The molecule has 0 bridgehead atoms. The highest BCUT2D eigenvalue weighted by molar-refractivity contribution is 7.87. The molecule has 0 aliphatic rings. The summed E-state index contributed by atoms with van der Waals surface area (Å²) in [6.07, 6.45) is 0.00344. The normalized spacial score (nSPS) is 13.7. The fourth-order valence-corrected chi connectivity index (χ4v) is 1.94. The molecule has 0 saturated heterocycles. The van der Waals surface area contributed by atoms with Gasteiger partial charge in [0.05, 0.1) is 13.5 Å². The maximum Gasteiger partial charge on any atom is 0.306 e. The van der Waals surface area contributed by atoms with Gasteiger partial charge in [0, 0.05) is 26.7 Å². The van der Waals surface area contributed by atoms with E-state index in [1.807, 2.05) is 0 Å². The van der Waals surface area contributed by atoms with Crippen LogP contribution in [0.1, 0.15) is 13.3 Å². The molecule has 0 aromatic rings. The molecule has 0 rings (SSSR count). The number of hydrogen-bond acceptors (Lipinski definition) is 5. The molecule has 0 spiro atoms. The van der Waals surface area contributed by atoms with Crippen molar-refractivity contribution >= 4 is 16.2 Å². The van der Waals surface area contributed by atoms with E-state index in [2.05, 4.69) is 9.46 Å². The SMILES string of the molecule is COC(=O)CCN(C)S(=O)(=O)NCC(C)CO. The van der Waals surface area contributed by atoms with Gasteiger partial charge >= 0.3 is 5.97 Å². The van der Waals surface area contributed by atoms with Gasteiger partial charge in [0.15, 0.2) is 0 Å². The number of nitrogens with one attached hydrogen (secondary N) is 1. The number of rotatable bonds is 8. The minimum atomic E-state index is -3.60. The predicted molar refractivity (Wildman–Crippen MR) is 62.4 cm³/mol. The molecule has 17 heavy (non-hydrogen) atoms. The van der Waals surface area contributed by atoms with Gasteiger partial charge in [-0.2, -0.15) is 12.7 Å². The van der Waals surface area contributed by atoms with Crippen molar-refractivity contribution in [1.82, 2.24) is 9.03 Å². The number of aliphatic hydroxyl groups excluding tert-OH is 1. The third-order valence-electron chi connectivity index (χ3n) is 2.19. The Hall–Kier alpha value is -0.700. The summed E-state index contributed by atoms with van der Waals surface area (Å²) in [5, 5.41) is 8.77. The van der Waals surface area contributed by atoms with E-state index in [4.69, 9.17) is 5.11 Å². The smallest absolute Gasteiger partial charge is 0.306 e. The number of aliphatic hydroxyl groups is 1. The zero-order valence-electron chi connectivity index (χ0n) is 10.3. The van der Waals surface area contributed by atoms with E-state index >= 15 is 0 Å². The molecule has 0 aliphatic heterocycles. The van der Waals surface area contributed by atoms with Gasteiger partial charge in [0.25, 0.3) is 10.2 Å². The van der Waals surface area contributed by atoms with Crippen LogP contribution in [0.5, 0.6) is 0 Å². The van der Waals surface area contributed by atoms with E-state index in [9.17, 15) is 13.2 Å². The van der Waals surface area contributed by atoms with Crippen LogP contribution in [0.4, 0.5) is 0 Å². The lowest BCUT2D eigenvalue weighted by Gasteiger charge is -2.18. The summed E-state index contributed by atoms with van der Waals surface area (Å²) >= 11 is 0. The third kappa shape index (κ3) is 6.57. The van der Waals surface area contributed by atoms with E-state index in [-0.39, 0.29) is 32.0 Å². The second kappa shape index (κ2) is 7.59. The first-order chi connectivity index (χ1) is 7.83. The summed E-state index contributed by atoms with van der Waals surface area (Å²) in [6.45, 7) is 1.84. The molecule has 0 aromatic carbocycles. The number of esters is 1. The minimum absolute atomic E-state index is 0.00344. The summed E-state index contributed by atoms with van der Waals surface area (Å²) < 4.78 is 31.1. The van der Waals surface area contributed by atoms with E-state index in [0.29, 0.717) is 0 Å². The summed E-state index contributed by atoms with van der Waals surface area (Å²) in [5.41, 5.74) is 0. The first-order valence-electron chi connectivity index (χ1n) is 5.22. The summed E-state index contributed by atoms with van der Waals surface area (Å²) in [5.74, 6) is -0.616. The Kier molecular flexibility index (Phi) is 7.28. The summed E-state index contributed by atoms with van der Waals surface area (Å²) in [4.78, 5) is 10.9. The van der Waals surface area contributed by atoms with Crippen LogP contribution in [-0.4, -0.2) is 57.7 Å². The Balaban J connectivity index is 4.16. The molecule has 0 amide bonds. The van der Waals surface area contributed by atoms with Crippen LogP contribution in [0.25, 0.3) is 0 Å². The largest absolute Gasteiger partial charge is 0.469 e. The van der Waals surface area contributed by atoms with Gasteiger partial charge in [0.1, 0.15) is 0 Å². The van der Waals surface area contributed by atoms with Crippen molar-refractivity contribution in [3.63, 3.8) is 0 Å². The Bertz CT molecular complexity index is 330. The molecule has 1 atom stereocenters. The van der Waals surface area contributed by atoms with Crippen LogP contribution in [0, 0.1) is 5.92 Å². The molecule has 0 saturated carbocycles. The first kappa shape index (κ1) is 16.3. The number of carbonyl (C=O) groups excluding carboxylic acids is 1. The van der Waals surface area contributed by atoms with Crippen LogP contribution in [0.3, 0.4) is 0 Å². The second-order valence-electron chi connectivity index (χ2n) is 3.79. The standard InChI is InChI=1S/C9H20N2O5S/c1-8(7-12)6-10-17(14,15)11(2)5-4-9(13)16-3/h8,10,12H,4-7H2,1-3H3. The molecular formula is C9H20N2O5S. The molecule has 1 unspecified atom stereocenters. The Labute approximate surface area is 102 Å². The van der Waals surface area contributed by atoms with Gasteiger partial charge in [-0.25, -0.2) is 4.72 Å². The monoisotopic (exact) mass is 268 g/mol. The molecule has 2 N–H and O–H groups in total. The van der Waals surface area contributed by atoms with E-state index < -0.39 is 16.2 Å². The Morgan fingerprint density at radius 2 is 2.12 bits per heavy atom. The lowest BCUT2D eigenvalue weighted by molar-refractivity contribution is -0.140. The average molecular weight is 268 g/mol. The number of ether oxygens (including phenoxy) is 1. The van der Waals surface area contributed by atoms with E-state index in [0.717, 1.165) is 4.31 Å². The minimum Gasteiger partial charge on any atom is -0.469 e. The van der Waals surface area contributed by atoms with Gasteiger partial charge < -0.3 is 9.84 Å². The second-order valence-corrected chi connectivity index (χ2v) is 5.65. The molecule has 0 aromatic heterocycles. The van der Waals surface area contributed by atoms with E-state index in [1.54, 1.807) is 6.92 Å². The van der Waals surface area contributed by atoms with Crippen LogP contribution >= 0.6 is 0 Å².